The molecule has 2 heterocycles. The number of esters is 1. The summed E-state index contributed by atoms with van der Waals surface area (Å²) in [7, 11) is 1.37. The lowest BCUT2D eigenvalue weighted by Crippen LogP contribution is -2.46. The van der Waals surface area contributed by atoms with Gasteiger partial charge in [-0.2, -0.15) is 0 Å². The van der Waals surface area contributed by atoms with E-state index in [1.54, 1.807) is 17.2 Å². The summed E-state index contributed by atoms with van der Waals surface area (Å²) < 4.78 is 18.3. The average Bonchev–Trinajstić information content (AvgIpc) is 3.15. The molecule has 5 nitrogen and oxygen atoms in total. The predicted molar refractivity (Wildman–Crippen MR) is 111 cm³/mol. The molecule has 28 heavy (non-hydrogen) atoms. The van der Waals surface area contributed by atoms with Crippen molar-refractivity contribution >= 4 is 22.8 Å². The van der Waals surface area contributed by atoms with E-state index in [9.17, 15) is 14.0 Å². The fourth-order valence-corrected chi connectivity index (χ4v) is 3.71. The lowest BCUT2D eigenvalue weighted by atomic mass is 10.1. The topological polar surface area (TPSA) is 62.4 Å². The van der Waals surface area contributed by atoms with E-state index in [4.69, 9.17) is 4.74 Å². The van der Waals surface area contributed by atoms with Crippen molar-refractivity contribution in [3.8, 4) is 0 Å². The van der Waals surface area contributed by atoms with Crippen LogP contribution in [-0.2, 0) is 20.7 Å². The molecule has 0 saturated carbocycles. The summed E-state index contributed by atoms with van der Waals surface area (Å²) in [4.78, 5) is 30.0. The van der Waals surface area contributed by atoms with Crippen LogP contribution in [0, 0.1) is 5.82 Å². The molecule has 0 bridgehead atoms. The van der Waals surface area contributed by atoms with Gasteiger partial charge in [0.25, 0.3) is 0 Å². The zero-order valence-electron chi connectivity index (χ0n) is 17.1. The van der Waals surface area contributed by atoms with E-state index < -0.39 is 6.04 Å². The molecule has 1 aromatic carbocycles. The zero-order chi connectivity index (χ0) is 20.5. The van der Waals surface area contributed by atoms with Crippen molar-refractivity contribution < 1.29 is 20.1 Å². The van der Waals surface area contributed by atoms with Crippen molar-refractivity contribution in [2.45, 2.75) is 64.8 Å². The standard InChI is InChI=1S/C20H25FN2O3.C2H6.H2/c1-26-20(25)18-7-5-3-2-4-6-10-23(18)19(24)11-14-13-22-17-12-15(21)8-9-16(14)17;1-2;/h8-9,12-13,18,22H,2-7,10-11H2,1H3;1-2H3;1H. The Hall–Kier alpha value is -2.37. The third kappa shape index (κ3) is 5.33. The lowest BCUT2D eigenvalue weighted by Gasteiger charge is -2.29. The van der Waals surface area contributed by atoms with Crippen LogP contribution in [0.15, 0.2) is 24.4 Å². The van der Waals surface area contributed by atoms with E-state index in [2.05, 4.69) is 4.98 Å². The van der Waals surface area contributed by atoms with Crippen LogP contribution in [0.25, 0.3) is 10.9 Å². The predicted octanol–water partition coefficient (Wildman–Crippen LogP) is 4.85. The molecule has 3 rings (SSSR count). The van der Waals surface area contributed by atoms with Gasteiger partial charge in [0.1, 0.15) is 11.9 Å². The minimum Gasteiger partial charge on any atom is -0.467 e. The first-order valence-corrected chi connectivity index (χ1v) is 10.2. The number of methoxy groups -OCH3 is 1. The number of amides is 1. The molecule has 1 aromatic heterocycles. The van der Waals surface area contributed by atoms with Gasteiger partial charge >= 0.3 is 5.97 Å². The Bertz CT molecular complexity index is 793. The highest BCUT2D eigenvalue weighted by Gasteiger charge is 2.30. The van der Waals surface area contributed by atoms with Crippen molar-refractivity contribution in [3.05, 3.63) is 35.8 Å². The molecule has 1 saturated heterocycles. The first-order valence-electron chi connectivity index (χ1n) is 10.2. The molecule has 0 spiro atoms. The number of aromatic amines is 1. The molecule has 1 amide bonds. The Morgan fingerprint density at radius 3 is 2.68 bits per heavy atom. The molecule has 0 aliphatic carbocycles. The summed E-state index contributed by atoms with van der Waals surface area (Å²) in [6, 6.07) is 3.97. The summed E-state index contributed by atoms with van der Waals surface area (Å²) in [5.41, 5.74) is 1.48. The number of nitrogens with zero attached hydrogens (tertiary/aromatic N) is 1. The van der Waals surface area contributed by atoms with Gasteiger partial charge in [0, 0.05) is 25.1 Å². The Morgan fingerprint density at radius 1 is 1.21 bits per heavy atom. The van der Waals surface area contributed by atoms with E-state index in [1.165, 1.54) is 19.2 Å². The van der Waals surface area contributed by atoms with Gasteiger partial charge in [0.15, 0.2) is 0 Å². The number of nitrogens with one attached hydrogen (secondary N) is 1. The number of hydrogen-bond acceptors (Lipinski definition) is 3. The van der Waals surface area contributed by atoms with Crippen LogP contribution in [-0.4, -0.2) is 41.5 Å². The number of hydrogen-bond donors (Lipinski definition) is 1. The fourth-order valence-electron chi connectivity index (χ4n) is 3.71. The van der Waals surface area contributed by atoms with Crippen LogP contribution in [0.2, 0.25) is 0 Å². The molecule has 1 atom stereocenters. The normalized spacial score (nSPS) is 17.7. The number of benzene rings is 1. The van der Waals surface area contributed by atoms with Crippen LogP contribution in [0.3, 0.4) is 0 Å². The van der Waals surface area contributed by atoms with Crippen LogP contribution in [0.4, 0.5) is 4.39 Å². The van der Waals surface area contributed by atoms with E-state index in [1.807, 2.05) is 13.8 Å². The van der Waals surface area contributed by atoms with Crippen molar-refractivity contribution in [2.24, 2.45) is 0 Å². The third-order valence-corrected chi connectivity index (χ3v) is 5.12. The first kappa shape index (κ1) is 21.9. The SMILES string of the molecule is CC.COC(=O)C1CCCCCCCN1C(=O)Cc1c[nH]c2cc(F)ccc12.[HH]. The maximum atomic E-state index is 13.4. The van der Waals surface area contributed by atoms with Gasteiger partial charge in [-0.1, -0.05) is 39.5 Å². The largest absolute Gasteiger partial charge is 0.467 e. The van der Waals surface area contributed by atoms with Gasteiger partial charge < -0.3 is 14.6 Å². The number of halogens is 1. The summed E-state index contributed by atoms with van der Waals surface area (Å²) in [5.74, 6) is -0.753. The quantitative estimate of drug-likeness (QED) is 0.760. The number of aromatic nitrogens is 1. The van der Waals surface area contributed by atoms with Gasteiger partial charge in [-0.3, -0.25) is 4.79 Å². The average molecular weight is 393 g/mol. The molecule has 156 valence electrons. The maximum absolute atomic E-state index is 13.4. The number of rotatable bonds is 3. The molecule has 1 unspecified atom stereocenters. The molecule has 1 aliphatic rings. The molecular formula is C22H33FN2O3. The minimum absolute atomic E-state index is 0. The van der Waals surface area contributed by atoms with E-state index in [0.29, 0.717) is 18.5 Å². The van der Waals surface area contributed by atoms with Gasteiger partial charge in [0.2, 0.25) is 5.91 Å². The van der Waals surface area contributed by atoms with Gasteiger partial charge in [-0.05, 0) is 36.6 Å². The molecule has 6 heteroatoms. The number of ether oxygens (including phenoxy) is 1. The second-order valence-electron chi connectivity index (χ2n) is 6.86. The van der Waals surface area contributed by atoms with E-state index in [0.717, 1.165) is 43.1 Å². The summed E-state index contributed by atoms with van der Waals surface area (Å²) >= 11 is 0. The van der Waals surface area contributed by atoms with Crippen LogP contribution >= 0.6 is 0 Å². The molecule has 2 aromatic rings. The maximum Gasteiger partial charge on any atom is 0.328 e. The number of H-pyrrole nitrogens is 1. The highest BCUT2D eigenvalue weighted by Crippen LogP contribution is 2.23. The summed E-state index contributed by atoms with van der Waals surface area (Å²) in [6.07, 6.45) is 7.62. The monoisotopic (exact) mass is 392 g/mol. The number of fused-ring (bicyclic) bond motifs is 1. The van der Waals surface area contributed by atoms with Gasteiger partial charge in [0.05, 0.1) is 13.5 Å². The Labute approximate surface area is 167 Å². The Morgan fingerprint density at radius 2 is 1.93 bits per heavy atom. The Balaban J connectivity index is 0.00000136. The van der Waals surface area contributed by atoms with Crippen molar-refractivity contribution in [1.29, 1.82) is 0 Å². The highest BCUT2D eigenvalue weighted by molar-refractivity contribution is 5.91. The number of carbonyl (C=O) groups is 2. The molecule has 1 aliphatic heterocycles. The molecular weight excluding hydrogens is 359 g/mol. The van der Waals surface area contributed by atoms with Crippen LogP contribution in [0.5, 0.6) is 0 Å². The van der Waals surface area contributed by atoms with Crippen LogP contribution in [0.1, 0.15) is 59.4 Å². The molecule has 1 fully saturated rings. The smallest absolute Gasteiger partial charge is 0.328 e. The van der Waals surface area contributed by atoms with Gasteiger partial charge in [-0.15, -0.1) is 0 Å². The Kier molecular flexibility index (Phi) is 8.48. The lowest BCUT2D eigenvalue weighted by molar-refractivity contribution is -0.153. The van der Waals surface area contributed by atoms with Crippen LogP contribution < -0.4 is 0 Å². The number of carbonyl (C=O) groups excluding carboxylic acids is 2. The van der Waals surface area contributed by atoms with Crippen molar-refractivity contribution in [3.63, 3.8) is 0 Å². The zero-order valence-corrected chi connectivity index (χ0v) is 17.1. The third-order valence-electron chi connectivity index (χ3n) is 5.12. The highest BCUT2D eigenvalue weighted by atomic mass is 19.1. The fraction of sp³-hybridized carbons (Fsp3) is 0.545. The molecule has 1 N–H and O–H groups in total. The second kappa shape index (κ2) is 10.8. The summed E-state index contributed by atoms with van der Waals surface area (Å²) in [6.45, 7) is 4.57. The summed E-state index contributed by atoms with van der Waals surface area (Å²) in [5, 5.41) is 0.832. The molecule has 0 radical (unpaired) electrons. The first-order chi connectivity index (χ1) is 13.6. The van der Waals surface area contributed by atoms with Gasteiger partial charge in [-0.25, -0.2) is 9.18 Å². The van der Waals surface area contributed by atoms with E-state index >= 15 is 0 Å². The van der Waals surface area contributed by atoms with Crippen molar-refractivity contribution in [1.82, 2.24) is 9.88 Å². The minimum atomic E-state index is -0.520. The van der Waals surface area contributed by atoms with Crippen molar-refractivity contribution in [2.75, 3.05) is 13.7 Å². The van der Waals surface area contributed by atoms with E-state index in [-0.39, 0.29) is 25.5 Å². The second-order valence-corrected chi connectivity index (χ2v) is 6.86.